The van der Waals surface area contributed by atoms with Gasteiger partial charge in [0.1, 0.15) is 12.1 Å². The predicted molar refractivity (Wildman–Crippen MR) is 143 cm³/mol. The zero-order chi connectivity index (χ0) is 27.5. The molecule has 1 saturated carbocycles. The molecule has 0 bridgehead atoms. The van der Waals surface area contributed by atoms with Crippen molar-refractivity contribution in [2.24, 2.45) is 23.2 Å². The molecule has 4 N–H and O–H groups in total. The van der Waals surface area contributed by atoms with Gasteiger partial charge in [0.25, 0.3) is 5.91 Å². The van der Waals surface area contributed by atoms with Crippen LogP contribution in [0.3, 0.4) is 0 Å². The van der Waals surface area contributed by atoms with Crippen LogP contribution >= 0.6 is 9.39 Å². The molecule has 0 spiro atoms. The van der Waals surface area contributed by atoms with Crippen molar-refractivity contribution in [3.63, 3.8) is 0 Å². The second kappa shape index (κ2) is 11.9. The normalized spacial score (nSPS) is 23.2. The standard InChI is InChI=1S/C26H42N5O5P/c1-14(2)17-11-12-31(24(35)21(26(3,4)5)29-25(36)27-16-9-10-16)19(17)22(33)28-18(13-15-7-6-8-15)20(32)23(34)30-37/h9-10,14-19,21H,6-8,11-13,37H2,1-5H3,(H,28,33)(H,30,34)(H2,27,29,36)/t17-,18?,19+,21-/m1/s1. The summed E-state index contributed by atoms with van der Waals surface area (Å²) in [5.74, 6) is -1.96. The molecule has 2 fully saturated rings. The molecule has 5 atom stereocenters. The maximum Gasteiger partial charge on any atom is 0.316 e. The molecule has 0 aromatic rings. The Morgan fingerprint density at radius 1 is 1.03 bits per heavy atom. The van der Waals surface area contributed by atoms with E-state index in [1.54, 1.807) is 4.90 Å². The summed E-state index contributed by atoms with van der Waals surface area (Å²) in [6.45, 7) is 9.98. The number of nitrogens with zero attached hydrogens (tertiary/aromatic N) is 1. The van der Waals surface area contributed by atoms with E-state index in [0.717, 1.165) is 19.3 Å². The van der Waals surface area contributed by atoms with Crippen molar-refractivity contribution < 1.29 is 24.0 Å². The fourth-order valence-corrected chi connectivity index (χ4v) is 5.31. The lowest BCUT2D eigenvalue weighted by Crippen LogP contribution is -2.61. The molecule has 0 radical (unpaired) electrons. The van der Waals surface area contributed by atoms with E-state index in [2.05, 4.69) is 21.0 Å². The first-order valence-corrected chi connectivity index (χ1v) is 13.8. The third-order valence-corrected chi connectivity index (χ3v) is 7.97. The number of amides is 5. The quantitative estimate of drug-likeness (QED) is 0.192. The van der Waals surface area contributed by atoms with Crippen molar-refractivity contribution in [3.8, 4) is 0 Å². The Morgan fingerprint density at radius 2 is 1.68 bits per heavy atom. The van der Waals surface area contributed by atoms with E-state index in [1.165, 1.54) is 0 Å². The lowest BCUT2D eigenvalue weighted by molar-refractivity contribution is -0.144. The Hall–Kier alpha value is -2.48. The lowest BCUT2D eigenvalue weighted by Gasteiger charge is -2.37. The van der Waals surface area contributed by atoms with Crippen LogP contribution in [0.1, 0.15) is 66.7 Å². The maximum absolute atomic E-state index is 13.9. The Morgan fingerprint density at radius 3 is 2.16 bits per heavy atom. The van der Waals surface area contributed by atoms with Gasteiger partial charge in [-0.15, -0.1) is 0 Å². The fraction of sp³-hybridized carbons (Fsp3) is 0.731. The summed E-state index contributed by atoms with van der Waals surface area (Å²) in [5.41, 5.74) is -0.609. The van der Waals surface area contributed by atoms with Gasteiger partial charge in [-0.2, -0.15) is 0 Å². The van der Waals surface area contributed by atoms with E-state index >= 15 is 0 Å². The van der Waals surface area contributed by atoms with Crippen LogP contribution in [0.15, 0.2) is 12.2 Å². The van der Waals surface area contributed by atoms with Gasteiger partial charge in [0.2, 0.25) is 17.6 Å². The summed E-state index contributed by atoms with van der Waals surface area (Å²) in [5, 5.41) is 10.7. The summed E-state index contributed by atoms with van der Waals surface area (Å²) in [6.07, 6.45) is 7.69. The number of hydrogen-bond donors (Lipinski definition) is 4. The van der Waals surface area contributed by atoms with Gasteiger partial charge in [-0.3, -0.25) is 19.2 Å². The second-order valence-electron chi connectivity index (χ2n) is 11.9. The van der Waals surface area contributed by atoms with E-state index in [-0.39, 0.29) is 29.7 Å². The Labute approximate surface area is 221 Å². The highest BCUT2D eigenvalue weighted by Crippen LogP contribution is 2.34. The number of urea groups is 1. The van der Waals surface area contributed by atoms with Crippen LogP contribution < -0.4 is 21.0 Å². The number of carbonyl (C=O) groups is 5. The van der Waals surface area contributed by atoms with Crippen LogP contribution in [0.2, 0.25) is 0 Å². The van der Waals surface area contributed by atoms with Crippen LogP contribution in [0.25, 0.3) is 0 Å². The second-order valence-corrected chi connectivity index (χ2v) is 12.2. The Bertz CT molecular complexity index is 936. The molecule has 10 nitrogen and oxygen atoms in total. The van der Waals surface area contributed by atoms with E-state index in [9.17, 15) is 24.0 Å². The summed E-state index contributed by atoms with van der Waals surface area (Å²) in [6, 6.07) is -3.16. The van der Waals surface area contributed by atoms with E-state index in [1.807, 2.05) is 56.2 Å². The van der Waals surface area contributed by atoms with Crippen molar-refractivity contribution in [1.29, 1.82) is 0 Å². The van der Waals surface area contributed by atoms with Crippen LogP contribution in [-0.2, 0) is 19.2 Å². The molecule has 0 aromatic heterocycles. The predicted octanol–water partition coefficient (Wildman–Crippen LogP) is 1.66. The first-order valence-electron chi connectivity index (χ1n) is 13.2. The molecule has 1 aliphatic heterocycles. The molecule has 2 aliphatic carbocycles. The van der Waals surface area contributed by atoms with Gasteiger partial charge in [-0.05, 0) is 45.4 Å². The smallest absolute Gasteiger partial charge is 0.316 e. The van der Waals surface area contributed by atoms with Crippen LogP contribution in [0.4, 0.5) is 4.79 Å². The minimum atomic E-state index is -0.947. The van der Waals surface area contributed by atoms with Crippen molar-refractivity contribution in [1.82, 2.24) is 25.9 Å². The van der Waals surface area contributed by atoms with Gasteiger partial charge in [-0.1, -0.05) is 66.0 Å². The van der Waals surface area contributed by atoms with Gasteiger partial charge in [-0.25, -0.2) is 4.79 Å². The number of ketones is 1. The summed E-state index contributed by atoms with van der Waals surface area (Å²) >= 11 is 0. The minimum Gasteiger partial charge on any atom is -0.344 e. The first-order chi connectivity index (χ1) is 17.3. The first kappa shape index (κ1) is 29.1. The Balaban J connectivity index is 1.81. The highest BCUT2D eigenvalue weighted by molar-refractivity contribution is 7.15. The number of likely N-dealkylation sites (tertiary alicyclic amines) is 1. The van der Waals surface area contributed by atoms with Crippen LogP contribution in [-0.4, -0.2) is 65.1 Å². The summed E-state index contributed by atoms with van der Waals surface area (Å²) in [4.78, 5) is 66.6. The molecule has 3 rings (SSSR count). The van der Waals surface area contributed by atoms with Gasteiger partial charge < -0.3 is 25.9 Å². The number of Topliss-reactive ketones (excluding diaryl/α,β-unsaturated/α-hetero) is 1. The van der Waals surface area contributed by atoms with E-state index in [4.69, 9.17) is 0 Å². The minimum absolute atomic E-state index is 0.102. The maximum atomic E-state index is 13.9. The molecule has 1 saturated heterocycles. The largest absolute Gasteiger partial charge is 0.344 e. The molecule has 0 aromatic carbocycles. The molecule has 3 aliphatic rings. The summed E-state index contributed by atoms with van der Waals surface area (Å²) in [7, 11) is 2.02. The molecular weight excluding hydrogens is 493 g/mol. The molecule has 2 unspecified atom stereocenters. The fourth-order valence-electron chi connectivity index (χ4n) is 5.17. The topological polar surface area (TPSA) is 137 Å². The molecule has 1 heterocycles. The third-order valence-electron chi connectivity index (χ3n) is 7.71. The lowest BCUT2D eigenvalue weighted by atomic mass is 9.80. The number of rotatable bonds is 10. The van der Waals surface area contributed by atoms with Gasteiger partial charge in [0, 0.05) is 6.54 Å². The number of hydrogen-bond acceptors (Lipinski definition) is 5. The SMILES string of the molecule is CC(C)[C@H]1CCN(C(=O)[C@@H](NC(=O)NC2C=C2)C(C)(C)C)[C@@H]1C(=O)NC(CC1CCC1)C(=O)C(=O)NP. The average Bonchev–Trinajstić information content (AvgIpc) is 3.48. The highest BCUT2D eigenvalue weighted by atomic mass is 31.0. The van der Waals surface area contributed by atoms with Crippen molar-refractivity contribution >= 4 is 38.9 Å². The number of nitrogens with one attached hydrogen (secondary N) is 4. The van der Waals surface area contributed by atoms with E-state index < -0.39 is 47.2 Å². The highest BCUT2D eigenvalue weighted by Gasteiger charge is 2.48. The zero-order valence-corrected chi connectivity index (χ0v) is 23.7. The Kier molecular flexibility index (Phi) is 9.37. The molecule has 206 valence electrons. The van der Waals surface area contributed by atoms with Gasteiger partial charge in [0.05, 0.1) is 12.1 Å². The summed E-state index contributed by atoms with van der Waals surface area (Å²) < 4.78 is 0. The van der Waals surface area contributed by atoms with Gasteiger partial charge >= 0.3 is 6.03 Å². The van der Waals surface area contributed by atoms with Crippen LogP contribution in [0.5, 0.6) is 0 Å². The molecule has 37 heavy (non-hydrogen) atoms. The van der Waals surface area contributed by atoms with Gasteiger partial charge in [0.15, 0.2) is 0 Å². The zero-order valence-electron chi connectivity index (χ0n) is 22.5. The third kappa shape index (κ3) is 7.30. The van der Waals surface area contributed by atoms with Crippen molar-refractivity contribution in [2.45, 2.75) is 90.9 Å². The van der Waals surface area contributed by atoms with Crippen molar-refractivity contribution in [2.75, 3.05) is 6.54 Å². The van der Waals surface area contributed by atoms with Crippen molar-refractivity contribution in [3.05, 3.63) is 12.2 Å². The van der Waals surface area contributed by atoms with E-state index in [0.29, 0.717) is 19.4 Å². The monoisotopic (exact) mass is 535 g/mol. The molecular formula is C26H42N5O5P. The average molecular weight is 536 g/mol. The molecule has 5 amide bonds. The van der Waals surface area contributed by atoms with Crippen LogP contribution in [0, 0.1) is 23.2 Å². The molecule has 11 heteroatoms. The number of carbonyl (C=O) groups excluding carboxylic acids is 5.